The smallest absolute Gasteiger partial charge is 0.0594 e. The Bertz CT molecular complexity index is 875. The number of rotatable bonds is 5. The first kappa shape index (κ1) is 24.1. The summed E-state index contributed by atoms with van der Waals surface area (Å²) in [6, 6.07) is 0. The predicted octanol–water partition coefficient (Wildman–Crippen LogP) is 8.95. The fraction of sp³-hybridized carbons (Fsp3) is 0.939. The van der Waals surface area contributed by atoms with Gasteiger partial charge in [0.2, 0.25) is 0 Å². The van der Waals surface area contributed by atoms with Crippen molar-refractivity contribution >= 4 is 0 Å². The van der Waals surface area contributed by atoms with E-state index in [-0.39, 0.29) is 11.5 Å². The van der Waals surface area contributed by atoms with E-state index in [1.165, 1.54) is 77.0 Å². The van der Waals surface area contributed by atoms with Crippen molar-refractivity contribution in [3.05, 3.63) is 11.1 Å². The van der Waals surface area contributed by atoms with E-state index in [1.807, 2.05) is 5.57 Å². The second-order valence-corrected chi connectivity index (χ2v) is 15.8. The zero-order chi connectivity index (χ0) is 24.3. The quantitative estimate of drug-likeness (QED) is 0.401. The summed E-state index contributed by atoms with van der Waals surface area (Å²) in [7, 11) is 0. The first-order valence-electron chi connectivity index (χ1n) is 15.3. The molecule has 0 aliphatic heterocycles. The van der Waals surface area contributed by atoms with Gasteiger partial charge in [0.15, 0.2) is 0 Å². The molecule has 0 aromatic carbocycles. The van der Waals surface area contributed by atoms with E-state index in [0.717, 1.165) is 36.0 Å². The van der Waals surface area contributed by atoms with Crippen LogP contribution in [0, 0.1) is 56.7 Å². The molecule has 6 fully saturated rings. The van der Waals surface area contributed by atoms with Crippen LogP contribution in [0.3, 0.4) is 0 Å². The molecule has 34 heavy (non-hydrogen) atoms. The SMILES string of the molecule is CC(C)C(CC[C@@H](C)[C@H]1CC[C@@]2(C)[C@@H]3CC[C@H]4C(C)(C)[C@@H](O)CC[C@@]45C[C@@]35CC[C@]12C)=C1CC1. The van der Waals surface area contributed by atoms with Crippen molar-refractivity contribution in [1.82, 2.24) is 0 Å². The summed E-state index contributed by atoms with van der Waals surface area (Å²) in [5.41, 5.74) is 6.02. The van der Waals surface area contributed by atoms with Gasteiger partial charge in [0.05, 0.1) is 6.10 Å². The van der Waals surface area contributed by atoms with E-state index in [1.54, 1.807) is 5.57 Å². The van der Waals surface area contributed by atoms with Crippen molar-refractivity contribution in [3.63, 3.8) is 0 Å². The van der Waals surface area contributed by atoms with E-state index in [9.17, 15) is 5.11 Å². The van der Waals surface area contributed by atoms with Crippen LogP contribution in [0.25, 0.3) is 0 Å². The fourth-order valence-electron chi connectivity index (χ4n) is 12.1. The van der Waals surface area contributed by atoms with E-state index >= 15 is 0 Å². The van der Waals surface area contributed by atoms with Crippen LogP contribution >= 0.6 is 0 Å². The summed E-state index contributed by atoms with van der Waals surface area (Å²) < 4.78 is 0. The zero-order valence-corrected chi connectivity index (χ0v) is 23.6. The third-order valence-electron chi connectivity index (χ3n) is 14.4. The van der Waals surface area contributed by atoms with Crippen molar-refractivity contribution in [2.24, 2.45) is 56.7 Å². The van der Waals surface area contributed by atoms with Crippen molar-refractivity contribution < 1.29 is 5.11 Å². The van der Waals surface area contributed by atoms with Gasteiger partial charge in [0, 0.05) is 0 Å². The Hall–Kier alpha value is -0.300. The van der Waals surface area contributed by atoms with Crippen LogP contribution in [0.5, 0.6) is 0 Å². The highest BCUT2D eigenvalue weighted by Gasteiger charge is 2.82. The van der Waals surface area contributed by atoms with E-state index in [2.05, 4.69) is 48.5 Å². The van der Waals surface area contributed by atoms with E-state index in [0.29, 0.717) is 21.7 Å². The van der Waals surface area contributed by atoms with Crippen molar-refractivity contribution in [1.29, 1.82) is 0 Å². The summed E-state index contributed by atoms with van der Waals surface area (Å²) in [6.45, 7) is 17.8. The van der Waals surface area contributed by atoms with Crippen LogP contribution in [-0.2, 0) is 0 Å². The van der Waals surface area contributed by atoms with Crippen LogP contribution in [0.15, 0.2) is 11.1 Å². The lowest BCUT2D eigenvalue weighted by Crippen LogP contribution is -2.57. The number of aliphatic hydroxyl groups excluding tert-OH is 1. The second-order valence-electron chi connectivity index (χ2n) is 15.8. The van der Waals surface area contributed by atoms with Gasteiger partial charge in [-0.05, 0) is 140 Å². The number of fused-ring (bicyclic) bond motifs is 2. The summed E-state index contributed by atoms with van der Waals surface area (Å²) in [6.07, 6.45) is 18.1. The van der Waals surface area contributed by atoms with Crippen LogP contribution in [0.4, 0.5) is 0 Å². The average molecular weight is 467 g/mol. The average Bonchev–Trinajstić information content (AvgIpc) is 3.67. The van der Waals surface area contributed by atoms with Gasteiger partial charge in [0.25, 0.3) is 0 Å². The molecule has 0 amide bonds. The lowest BCUT2D eigenvalue weighted by molar-refractivity contribution is -0.161. The van der Waals surface area contributed by atoms with Gasteiger partial charge >= 0.3 is 0 Å². The Balaban J connectivity index is 1.23. The van der Waals surface area contributed by atoms with E-state index in [4.69, 9.17) is 0 Å². The van der Waals surface area contributed by atoms with Crippen LogP contribution < -0.4 is 0 Å². The molecule has 9 atom stereocenters. The van der Waals surface area contributed by atoms with Crippen molar-refractivity contribution in [2.45, 2.75) is 138 Å². The molecule has 6 rings (SSSR count). The van der Waals surface area contributed by atoms with Crippen molar-refractivity contribution in [3.8, 4) is 0 Å². The van der Waals surface area contributed by atoms with Gasteiger partial charge in [-0.3, -0.25) is 0 Å². The van der Waals surface area contributed by atoms with Crippen molar-refractivity contribution in [2.75, 3.05) is 0 Å². The highest BCUT2D eigenvalue weighted by molar-refractivity contribution is 5.31. The summed E-state index contributed by atoms with van der Waals surface area (Å²) in [5, 5.41) is 10.9. The third-order valence-corrected chi connectivity index (χ3v) is 14.4. The number of hydrogen-bond acceptors (Lipinski definition) is 1. The number of aliphatic hydroxyl groups is 1. The Morgan fingerprint density at radius 3 is 2.18 bits per heavy atom. The van der Waals surface area contributed by atoms with Gasteiger partial charge in [0.1, 0.15) is 0 Å². The summed E-state index contributed by atoms with van der Waals surface area (Å²) >= 11 is 0. The normalized spacial score (nSPS) is 51.3. The van der Waals surface area contributed by atoms with Gasteiger partial charge in [-0.15, -0.1) is 0 Å². The topological polar surface area (TPSA) is 20.2 Å². The maximum atomic E-state index is 10.9. The molecule has 192 valence electrons. The number of hydrogen-bond donors (Lipinski definition) is 1. The minimum Gasteiger partial charge on any atom is -0.393 e. The highest BCUT2D eigenvalue weighted by Crippen LogP contribution is 2.89. The number of allylic oxidation sites excluding steroid dienone is 2. The van der Waals surface area contributed by atoms with Gasteiger partial charge < -0.3 is 5.11 Å². The first-order valence-corrected chi connectivity index (χ1v) is 15.3. The molecule has 2 spiro atoms. The van der Waals surface area contributed by atoms with Crippen LogP contribution in [-0.4, -0.2) is 11.2 Å². The third kappa shape index (κ3) is 2.89. The maximum Gasteiger partial charge on any atom is 0.0594 e. The Morgan fingerprint density at radius 1 is 0.824 bits per heavy atom. The Kier molecular flexibility index (Phi) is 5.23. The molecule has 6 saturated carbocycles. The standard InChI is InChI=1S/C33H54O/c1-21(2)24(23-9-10-23)11-8-22(3)25-14-16-31(7)27-13-12-26-29(4,5)28(34)15-17-32(26)20-33(27,32)19-18-30(25,31)6/h21-22,25-28,34H,8-20H2,1-7H3/t22-,25-,26+,27+,28+,30-,31+,32-,33+/m1/s1. The lowest BCUT2D eigenvalue weighted by Gasteiger charge is -2.63. The monoisotopic (exact) mass is 466 g/mol. The molecule has 0 unspecified atom stereocenters. The molecule has 1 N–H and O–H groups in total. The predicted molar refractivity (Wildman–Crippen MR) is 142 cm³/mol. The summed E-state index contributed by atoms with van der Waals surface area (Å²) in [5.74, 6) is 4.24. The molecule has 1 nitrogen and oxygen atoms in total. The molecule has 0 saturated heterocycles. The minimum absolute atomic E-state index is 0.0835. The maximum absolute atomic E-state index is 10.9. The van der Waals surface area contributed by atoms with E-state index < -0.39 is 0 Å². The van der Waals surface area contributed by atoms with Crippen LogP contribution in [0.2, 0.25) is 0 Å². The zero-order valence-electron chi connectivity index (χ0n) is 23.6. The molecule has 0 heterocycles. The second kappa shape index (κ2) is 7.39. The molecular formula is C33H54O. The molecule has 0 radical (unpaired) electrons. The molecule has 6 aliphatic rings. The molecule has 1 heteroatoms. The fourth-order valence-corrected chi connectivity index (χ4v) is 12.1. The summed E-state index contributed by atoms with van der Waals surface area (Å²) in [4.78, 5) is 0. The minimum atomic E-state index is -0.0835. The Labute approximate surface area is 210 Å². The highest BCUT2D eigenvalue weighted by atomic mass is 16.3. The molecular weight excluding hydrogens is 412 g/mol. The molecule has 0 aromatic rings. The molecule has 0 bridgehead atoms. The van der Waals surface area contributed by atoms with Crippen LogP contribution in [0.1, 0.15) is 132 Å². The van der Waals surface area contributed by atoms with Gasteiger partial charge in [-0.1, -0.05) is 59.6 Å². The lowest BCUT2D eigenvalue weighted by atomic mass is 9.41. The Morgan fingerprint density at radius 2 is 1.50 bits per heavy atom. The molecule has 6 aliphatic carbocycles. The molecule has 0 aromatic heterocycles. The largest absolute Gasteiger partial charge is 0.393 e. The van der Waals surface area contributed by atoms with Gasteiger partial charge in [-0.2, -0.15) is 0 Å². The first-order chi connectivity index (χ1) is 15.9. The van der Waals surface area contributed by atoms with Gasteiger partial charge in [-0.25, -0.2) is 0 Å².